The molecule has 0 heterocycles. The number of hydrogen-bond donors (Lipinski definition) is 3. The van der Waals surface area contributed by atoms with Crippen molar-refractivity contribution in [3.8, 4) is 17.2 Å². The summed E-state index contributed by atoms with van der Waals surface area (Å²) < 4.78 is 11.4. The number of nitrogens with one attached hydrogen (secondary N) is 2. The molecule has 0 spiro atoms. The van der Waals surface area contributed by atoms with E-state index in [0.29, 0.717) is 28.0 Å². The van der Waals surface area contributed by atoms with Gasteiger partial charge in [0.1, 0.15) is 28.9 Å². The van der Waals surface area contributed by atoms with Gasteiger partial charge in [0, 0.05) is 11.9 Å². The van der Waals surface area contributed by atoms with Gasteiger partial charge in [-0.1, -0.05) is 17.8 Å². The molecule has 0 unspecified atom stereocenters. The summed E-state index contributed by atoms with van der Waals surface area (Å²) in [7, 11) is 0. The van der Waals surface area contributed by atoms with E-state index in [1.165, 1.54) is 17.8 Å². The average molecular weight is 367 g/mol. The van der Waals surface area contributed by atoms with Gasteiger partial charge in [-0.15, -0.1) is 0 Å². The SMILES string of the molecule is C/C=C\SC(=N)COc1ccc(Oc2ccc(/C(N)=C/C=N)cc2)cc1. The van der Waals surface area contributed by atoms with Crippen molar-refractivity contribution < 1.29 is 9.47 Å². The third-order valence-electron chi connectivity index (χ3n) is 3.23. The van der Waals surface area contributed by atoms with Gasteiger partial charge in [-0.25, -0.2) is 0 Å². The van der Waals surface area contributed by atoms with E-state index in [0.717, 1.165) is 11.8 Å². The van der Waals surface area contributed by atoms with Crippen LogP contribution in [0.4, 0.5) is 0 Å². The fourth-order valence-electron chi connectivity index (χ4n) is 1.97. The lowest BCUT2D eigenvalue weighted by Gasteiger charge is -2.09. The normalized spacial score (nSPS) is 11.3. The molecule has 4 N–H and O–H groups in total. The molecule has 0 radical (unpaired) electrons. The second kappa shape index (κ2) is 10.1. The minimum absolute atomic E-state index is 0.237. The molecule has 0 aliphatic rings. The molecule has 2 rings (SSSR count). The van der Waals surface area contributed by atoms with Crippen molar-refractivity contribution in [2.75, 3.05) is 6.61 Å². The zero-order valence-corrected chi connectivity index (χ0v) is 15.3. The summed E-state index contributed by atoms with van der Waals surface area (Å²) in [5, 5.41) is 17.1. The first-order valence-electron chi connectivity index (χ1n) is 7.95. The van der Waals surface area contributed by atoms with E-state index in [2.05, 4.69) is 0 Å². The van der Waals surface area contributed by atoms with Crippen molar-refractivity contribution in [3.63, 3.8) is 0 Å². The van der Waals surface area contributed by atoms with Crippen molar-refractivity contribution in [2.45, 2.75) is 6.92 Å². The van der Waals surface area contributed by atoms with Gasteiger partial charge in [0.2, 0.25) is 0 Å². The third-order valence-corrected chi connectivity index (χ3v) is 4.04. The van der Waals surface area contributed by atoms with Crippen molar-refractivity contribution >= 4 is 28.7 Å². The Labute approximate surface area is 157 Å². The Bertz CT molecular complexity index is 797. The van der Waals surface area contributed by atoms with Gasteiger partial charge in [-0.2, -0.15) is 0 Å². The Hall–Kier alpha value is -2.99. The second-order valence-corrected chi connectivity index (χ2v) is 6.19. The number of benzene rings is 2. The zero-order valence-electron chi connectivity index (χ0n) is 14.4. The van der Waals surface area contributed by atoms with Crippen molar-refractivity contribution in [1.82, 2.24) is 0 Å². The van der Waals surface area contributed by atoms with Crippen LogP contribution in [-0.4, -0.2) is 17.9 Å². The summed E-state index contributed by atoms with van der Waals surface area (Å²) in [5.41, 5.74) is 7.21. The summed E-state index contributed by atoms with van der Waals surface area (Å²) in [5.74, 6) is 2.06. The summed E-state index contributed by atoms with van der Waals surface area (Å²) in [6.07, 6.45) is 4.58. The Balaban J connectivity index is 1.91. The van der Waals surface area contributed by atoms with Crippen LogP contribution in [-0.2, 0) is 0 Å². The molecule has 0 atom stereocenters. The van der Waals surface area contributed by atoms with Gasteiger partial charge < -0.3 is 20.6 Å². The van der Waals surface area contributed by atoms with Crippen LogP contribution in [0.1, 0.15) is 12.5 Å². The number of hydrogen-bond acceptors (Lipinski definition) is 6. The molecule has 134 valence electrons. The lowest BCUT2D eigenvalue weighted by Crippen LogP contribution is -2.05. The van der Waals surface area contributed by atoms with Crippen LogP contribution < -0.4 is 15.2 Å². The molecule has 26 heavy (non-hydrogen) atoms. The van der Waals surface area contributed by atoms with E-state index < -0.39 is 0 Å². The van der Waals surface area contributed by atoms with E-state index in [4.69, 9.17) is 26.0 Å². The topological polar surface area (TPSA) is 92.2 Å². The van der Waals surface area contributed by atoms with Gasteiger partial charge in [0.25, 0.3) is 0 Å². The molecule has 0 saturated heterocycles. The van der Waals surface area contributed by atoms with Crippen molar-refractivity contribution in [2.24, 2.45) is 5.73 Å². The van der Waals surface area contributed by atoms with E-state index in [9.17, 15) is 0 Å². The lowest BCUT2D eigenvalue weighted by atomic mass is 10.1. The number of ether oxygens (including phenoxy) is 2. The minimum atomic E-state index is 0.237. The second-order valence-electron chi connectivity index (χ2n) is 5.19. The Morgan fingerprint density at radius 2 is 1.62 bits per heavy atom. The van der Waals surface area contributed by atoms with E-state index in [1.807, 2.05) is 66.9 Å². The molecule has 2 aromatic rings. The van der Waals surface area contributed by atoms with Crippen LogP contribution >= 0.6 is 11.8 Å². The molecular formula is C20H21N3O2S. The molecule has 6 heteroatoms. The Morgan fingerprint density at radius 3 is 2.19 bits per heavy atom. The molecule has 0 bridgehead atoms. The molecule has 0 saturated carbocycles. The Kier molecular flexibility index (Phi) is 7.51. The molecular weight excluding hydrogens is 346 g/mol. The summed E-state index contributed by atoms with van der Waals surface area (Å²) >= 11 is 1.33. The standard InChI is InChI=1S/C20H21N3O2S/c1-2-13-26-20(23)14-24-16-7-9-18(10-8-16)25-17-5-3-15(4-6-17)19(22)11-12-21/h2-13,21,23H,14,22H2,1H3/b13-2-,19-11-,21-12?,23-20?. The highest BCUT2D eigenvalue weighted by molar-refractivity contribution is 8.16. The first-order chi connectivity index (χ1) is 12.6. The predicted molar refractivity (Wildman–Crippen MR) is 110 cm³/mol. The molecule has 2 aromatic carbocycles. The largest absolute Gasteiger partial charge is 0.487 e. The average Bonchev–Trinajstić information content (AvgIpc) is 2.66. The van der Waals surface area contributed by atoms with Gasteiger partial charge in [-0.3, -0.25) is 5.41 Å². The van der Waals surface area contributed by atoms with E-state index in [1.54, 1.807) is 0 Å². The van der Waals surface area contributed by atoms with Crippen LogP contribution in [0.5, 0.6) is 17.2 Å². The Morgan fingerprint density at radius 1 is 1.04 bits per heavy atom. The number of thioether (sulfide) groups is 1. The van der Waals surface area contributed by atoms with Crippen molar-refractivity contribution in [1.29, 1.82) is 10.8 Å². The quantitative estimate of drug-likeness (QED) is 0.449. The van der Waals surface area contributed by atoms with Crippen molar-refractivity contribution in [3.05, 3.63) is 71.7 Å². The summed E-state index contributed by atoms with van der Waals surface area (Å²) in [6, 6.07) is 14.6. The fourth-order valence-corrected chi connectivity index (χ4v) is 2.40. The van der Waals surface area contributed by atoms with Crippen LogP contribution in [0, 0.1) is 10.8 Å². The molecule has 0 aromatic heterocycles. The van der Waals surface area contributed by atoms with Crippen LogP contribution in [0.25, 0.3) is 5.70 Å². The number of rotatable bonds is 8. The van der Waals surface area contributed by atoms with Gasteiger partial charge in [0.15, 0.2) is 0 Å². The van der Waals surface area contributed by atoms with Crippen LogP contribution in [0.2, 0.25) is 0 Å². The zero-order chi connectivity index (χ0) is 18.8. The highest BCUT2D eigenvalue weighted by Gasteiger charge is 2.02. The van der Waals surface area contributed by atoms with E-state index >= 15 is 0 Å². The summed E-state index contributed by atoms with van der Waals surface area (Å²) in [4.78, 5) is 0. The highest BCUT2D eigenvalue weighted by Crippen LogP contribution is 2.25. The van der Waals surface area contributed by atoms with Gasteiger partial charge >= 0.3 is 0 Å². The fraction of sp³-hybridized carbons (Fsp3) is 0.100. The minimum Gasteiger partial charge on any atom is -0.487 e. The summed E-state index contributed by atoms with van der Waals surface area (Å²) in [6.45, 7) is 2.15. The van der Waals surface area contributed by atoms with E-state index in [-0.39, 0.29) is 6.61 Å². The third kappa shape index (κ3) is 6.14. The molecule has 0 aliphatic heterocycles. The molecule has 0 amide bonds. The highest BCUT2D eigenvalue weighted by atomic mass is 32.2. The van der Waals surface area contributed by atoms with Gasteiger partial charge in [-0.05, 0) is 72.5 Å². The van der Waals surface area contributed by atoms with Gasteiger partial charge in [0.05, 0.1) is 0 Å². The molecule has 0 aliphatic carbocycles. The molecule has 5 nitrogen and oxygen atoms in total. The first-order valence-corrected chi connectivity index (χ1v) is 8.83. The van der Waals surface area contributed by atoms with Crippen LogP contribution in [0.3, 0.4) is 0 Å². The molecule has 0 fully saturated rings. The predicted octanol–water partition coefficient (Wildman–Crippen LogP) is 5.05. The number of nitrogens with two attached hydrogens (primary N) is 1. The number of allylic oxidation sites excluding steroid dienone is 2. The maximum Gasteiger partial charge on any atom is 0.136 e. The van der Waals surface area contributed by atoms with Crippen LogP contribution in [0.15, 0.2) is 66.1 Å². The maximum absolute atomic E-state index is 7.74. The maximum atomic E-state index is 7.74. The monoisotopic (exact) mass is 367 g/mol. The smallest absolute Gasteiger partial charge is 0.136 e. The lowest BCUT2D eigenvalue weighted by molar-refractivity contribution is 0.377. The first kappa shape index (κ1) is 19.3.